The van der Waals surface area contributed by atoms with Crippen molar-refractivity contribution in [3.63, 3.8) is 0 Å². The van der Waals surface area contributed by atoms with Gasteiger partial charge in [0.2, 0.25) is 0 Å². The van der Waals surface area contributed by atoms with Crippen molar-refractivity contribution in [2.24, 2.45) is 0 Å². The van der Waals surface area contributed by atoms with Crippen LogP contribution in [0.15, 0.2) is 101 Å². The number of amides is 1. The van der Waals surface area contributed by atoms with Gasteiger partial charge in [0.05, 0.1) is 41.3 Å². The van der Waals surface area contributed by atoms with E-state index in [2.05, 4.69) is 0 Å². The number of rotatable bonds is 5. The van der Waals surface area contributed by atoms with Crippen molar-refractivity contribution in [1.29, 1.82) is 10.5 Å². The first-order chi connectivity index (χ1) is 27.3. The van der Waals surface area contributed by atoms with Gasteiger partial charge in [-0.3, -0.25) is 0 Å². The Labute approximate surface area is 348 Å². The van der Waals surface area contributed by atoms with Crippen molar-refractivity contribution < 1.29 is 35.1 Å². The van der Waals surface area contributed by atoms with E-state index < -0.39 is 43.4 Å². The molecule has 0 fully saturated rings. The van der Waals surface area contributed by atoms with Gasteiger partial charge in [0.15, 0.2) is 0 Å². The Morgan fingerprint density at radius 1 is 0.741 bits per heavy atom. The highest BCUT2D eigenvalue weighted by atomic mass is 127. The third kappa shape index (κ3) is 8.09. The second-order valence-electron chi connectivity index (χ2n) is 14.5. The van der Waals surface area contributed by atoms with Gasteiger partial charge in [-0.1, -0.05) is 41.5 Å². The Bertz CT molecular complexity index is 2960. The molecule has 58 heavy (non-hydrogen) atoms. The van der Waals surface area contributed by atoms with Crippen LogP contribution in [0.4, 0.5) is 13.6 Å². The zero-order chi connectivity index (χ0) is 42.3. The maximum atomic E-state index is 14.8. The Balaban J connectivity index is 0.000000213. The van der Waals surface area contributed by atoms with E-state index >= 15 is 0 Å². The van der Waals surface area contributed by atoms with Gasteiger partial charge in [0, 0.05) is 23.9 Å². The van der Waals surface area contributed by atoms with Crippen molar-refractivity contribution >= 4 is 76.1 Å². The van der Waals surface area contributed by atoms with E-state index in [1.165, 1.54) is 59.5 Å². The molecule has 0 radical (unpaired) electrons. The minimum atomic E-state index is -4.17. The van der Waals surface area contributed by atoms with E-state index in [-0.39, 0.29) is 55.0 Å². The highest BCUT2D eigenvalue weighted by Crippen LogP contribution is 2.36. The van der Waals surface area contributed by atoms with Crippen LogP contribution in [0.1, 0.15) is 55.1 Å². The summed E-state index contributed by atoms with van der Waals surface area (Å²) < 4.78 is 90.2. The van der Waals surface area contributed by atoms with Crippen LogP contribution in [0.25, 0.3) is 27.4 Å². The molecular formula is C42H36F2IN5O6S2. The number of aryl methyl sites for hydroxylation is 2. The molecule has 6 aromatic rings. The lowest BCUT2D eigenvalue weighted by Gasteiger charge is -2.29. The van der Waals surface area contributed by atoms with Crippen molar-refractivity contribution in [2.45, 2.75) is 56.4 Å². The van der Waals surface area contributed by atoms with Gasteiger partial charge in [0.1, 0.15) is 29.4 Å². The van der Waals surface area contributed by atoms with Gasteiger partial charge in [-0.25, -0.2) is 38.4 Å². The van der Waals surface area contributed by atoms with Crippen LogP contribution in [0, 0.1) is 51.8 Å². The molecule has 16 heteroatoms. The monoisotopic (exact) mass is 935 g/mol. The molecule has 1 aliphatic rings. The third-order valence-electron chi connectivity index (χ3n) is 9.24. The predicted octanol–water partition coefficient (Wildman–Crippen LogP) is 9.02. The number of carbonyl (C=O) groups excluding carboxylic acids is 1. The number of nitriles is 2. The molecule has 0 aliphatic carbocycles. The van der Waals surface area contributed by atoms with Gasteiger partial charge >= 0.3 is 6.09 Å². The van der Waals surface area contributed by atoms with Crippen LogP contribution in [0.2, 0.25) is 0 Å². The van der Waals surface area contributed by atoms with E-state index in [0.29, 0.717) is 22.2 Å². The van der Waals surface area contributed by atoms with Gasteiger partial charge in [-0.2, -0.15) is 10.5 Å². The lowest BCUT2D eigenvalue weighted by Crippen LogP contribution is -2.39. The Kier molecular flexibility index (Phi) is 11.6. The summed E-state index contributed by atoms with van der Waals surface area (Å²) in [4.78, 5) is 14.1. The number of nitrogens with zero attached hydrogens (tertiary/aromatic N) is 5. The summed E-state index contributed by atoms with van der Waals surface area (Å²) in [6.07, 6.45) is 1.62. The molecule has 2 aromatic heterocycles. The summed E-state index contributed by atoms with van der Waals surface area (Å²) in [5.74, 6) is -1.18. The largest absolute Gasteiger partial charge is 0.444 e. The molecule has 3 heterocycles. The standard InChI is InChI=1S/C26H26FN3O4S.C16H10FIN2O2S/c1-17-5-8-20(9-6-17)35(32,33)30-23(15-21-22(27)10-7-19(16-28)24(21)30)18-11-13-29(14-12-18)25(31)34-26(2,3)4;1-10-2-5-12(6-3-10)23(21,22)20-15(18)8-13-14(17)7-4-11(9-19)16(13)20/h5-11,15H,12-14H2,1-4H3;2-8H,1H3. The van der Waals surface area contributed by atoms with Gasteiger partial charge in [-0.15, -0.1) is 0 Å². The van der Waals surface area contributed by atoms with Crippen LogP contribution in [0.3, 0.4) is 0 Å². The first-order valence-electron chi connectivity index (χ1n) is 17.7. The summed E-state index contributed by atoms with van der Waals surface area (Å²) in [6, 6.07) is 24.4. The molecule has 4 aromatic carbocycles. The molecule has 0 unspecified atom stereocenters. The molecule has 0 saturated carbocycles. The second-order valence-corrected chi connectivity index (χ2v) is 19.2. The number of ether oxygens (including phenoxy) is 1. The molecule has 0 bridgehead atoms. The molecule has 1 aliphatic heterocycles. The minimum absolute atomic E-state index is 0.00135. The number of hydrogen-bond acceptors (Lipinski definition) is 8. The maximum absolute atomic E-state index is 14.8. The topological polar surface area (TPSA) is 155 Å². The summed E-state index contributed by atoms with van der Waals surface area (Å²) in [6.45, 7) is 9.57. The first kappa shape index (κ1) is 42.1. The Hall–Kier alpha value is -5.56. The van der Waals surface area contributed by atoms with Crippen LogP contribution in [0.5, 0.6) is 0 Å². The van der Waals surface area contributed by atoms with Crippen molar-refractivity contribution in [3.05, 3.63) is 134 Å². The van der Waals surface area contributed by atoms with Gasteiger partial charge < -0.3 is 9.64 Å². The fourth-order valence-corrected chi connectivity index (χ4v) is 10.7. The average Bonchev–Trinajstić information content (AvgIpc) is 3.76. The summed E-state index contributed by atoms with van der Waals surface area (Å²) in [5, 5.41) is 19.1. The first-order valence-corrected chi connectivity index (χ1v) is 21.7. The van der Waals surface area contributed by atoms with E-state index in [9.17, 15) is 40.9 Å². The third-order valence-corrected chi connectivity index (χ3v) is 13.8. The number of aromatic nitrogens is 2. The maximum Gasteiger partial charge on any atom is 0.410 e. The number of halogens is 3. The number of benzene rings is 4. The molecule has 11 nitrogen and oxygen atoms in total. The number of hydrogen-bond donors (Lipinski definition) is 0. The smallest absolute Gasteiger partial charge is 0.410 e. The normalized spacial score (nSPS) is 13.3. The molecule has 0 saturated heterocycles. The fraction of sp³-hybridized carbons (Fsp3) is 0.214. The summed E-state index contributed by atoms with van der Waals surface area (Å²) in [7, 11) is -8.10. The highest BCUT2D eigenvalue weighted by molar-refractivity contribution is 14.1. The van der Waals surface area contributed by atoms with Crippen LogP contribution in [-0.4, -0.2) is 54.5 Å². The molecule has 0 N–H and O–H groups in total. The fourth-order valence-electron chi connectivity index (χ4n) is 6.39. The zero-order valence-corrected chi connectivity index (χ0v) is 35.7. The van der Waals surface area contributed by atoms with Gasteiger partial charge in [0.25, 0.3) is 20.0 Å². The minimum Gasteiger partial charge on any atom is -0.444 e. The second kappa shape index (κ2) is 16.0. The predicted molar refractivity (Wildman–Crippen MR) is 224 cm³/mol. The summed E-state index contributed by atoms with van der Waals surface area (Å²) in [5.41, 5.74) is 2.32. The number of carbonyl (C=O) groups is 1. The average molecular weight is 936 g/mol. The number of fused-ring (bicyclic) bond motifs is 2. The SMILES string of the molecule is Cc1ccc(S(=O)(=O)n2c(C3=CCN(C(=O)OC(C)(C)C)CC3)cc3c(F)ccc(C#N)c32)cc1.Cc1ccc(S(=O)(=O)n2c(I)cc3c(F)ccc(C#N)c32)cc1. The lowest BCUT2D eigenvalue weighted by molar-refractivity contribution is 0.0270. The Morgan fingerprint density at radius 3 is 1.66 bits per heavy atom. The van der Waals surface area contributed by atoms with Crippen molar-refractivity contribution in [1.82, 2.24) is 12.8 Å². The van der Waals surface area contributed by atoms with E-state index in [4.69, 9.17) is 4.74 Å². The van der Waals surface area contributed by atoms with Crippen LogP contribution < -0.4 is 0 Å². The Morgan fingerprint density at radius 2 is 1.21 bits per heavy atom. The molecule has 0 atom stereocenters. The summed E-state index contributed by atoms with van der Waals surface area (Å²) >= 11 is 1.83. The molecule has 7 rings (SSSR count). The van der Waals surface area contributed by atoms with Crippen LogP contribution in [-0.2, 0) is 24.8 Å². The quantitative estimate of drug-likeness (QED) is 0.155. The van der Waals surface area contributed by atoms with E-state index in [1.54, 1.807) is 51.1 Å². The van der Waals surface area contributed by atoms with E-state index in [1.807, 2.05) is 48.6 Å². The zero-order valence-electron chi connectivity index (χ0n) is 31.9. The van der Waals surface area contributed by atoms with Crippen LogP contribution >= 0.6 is 22.6 Å². The van der Waals surface area contributed by atoms with Gasteiger partial charge in [-0.05, 0) is 130 Å². The molecule has 1 amide bonds. The molecular weight excluding hydrogens is 900 g/mol. The van der Waals surface area contributed by atoms with Crippen molar-refractivity contribution in [2.75, 3.05) is 13.1 Å². The lowest BCUT2D eigenvalue weighted by atomic mass is 10.0. The molecule has 298 valence electrons. The van der Waals surface area contributed by atoms with Crippen molar-refractivity contribution in [3.8, 4) is 12.1 Å². The highest BCUT2D eigenvalue weighted by Gasteiger charge is 2.31. The van der Waals surface area contributed by atoms with E-state index in [0.717, 1.165) is 25.1 Å². The molecule has 0 spiro atoms.